The molecule has 0 nitrogen and oxygen atoms in total. The van der Waals surface area contributed by atoms with E-state index in [4.69, 9.17) is 0 Å². The maximum absolute atomic E-state index is 3.45. The molecule has 0 heterocycles. The van der Waals surface area contributed by atoms with E-state index >= 15 is 0 Å². The van der Waals surface area contributed by atoms with Gasteiger partial charge >= 0.3 is 0 Å². The van der Waals surface area contributed by atoms with Crippen LogP contribution in [0, 0.1) is 0 Å². The molecule has 0 amide bonds. The van der Waals surface area contributed by atoms with E-state index in [1.165, 1.54) is 12.0 Å². The van der Waals surface area contributed by atoms with Crippen molar-refractivity contribution in [2.75, 3.05) is 0 Å². The summed E-state index contributed by atoms with van der Waals surface area (Å²) in [7, 11) is 0. The zero-order valence-electron chi connectivity index (χ0n) is 6.40. The number of hydrogen-bond donors (Lipinski definition) is 0. The predicted molar refractivity (Wildman–Crippen MR) is 55.8 cm³/mol. The van der Waals surface area contributed by atoms with E-state index in [0.29, 0.717) is 0 Å². The Balaban J connectivity index is 2.89. The third-order valence-electron chi connectivity index (χ3n) is 1.46. The SMILES string of the molecule is CCCc1cc(Br)cc(Br)c1. The Morgan fingerprint density at radius 1 is 1.09 bits per heavy atom. The third kappa shape index (κ3) is 2.96. The standard InChI is InChI=1S/C9H10Br2/c1-2-3-7-4-8(10)6-9(11)5-7/h4-6H,2-3H2,1H3. The predicted octanol–water partition coefficient (Wildman–Crippen LogP) is 4.16. The van der Waals surface area contributed by atoms with E-state index in [0.717, 1.165) is 15.4 Å². The van der Waals surface area contributed by atoms with Crippen molar-refractivity contribution in [3.63, 3.8) is 0 Å². The van der Waals surface area contributed by atoms with Crippen molar-refractivity contribution in [3.05, 3.63) is 32.7 Å². The van der Waals surface area contributed by atoms with Crippen molar-refractivity contribution >= 4 is 31.9 Å². The van der Waals surface area contributed by atoms with Crippen LogP contribution in [0.1, 0.15) is 18.9 Å². The largest absolute Gasteiger partial charge is 0.0651 e. The summed E-state index contributed by atoms with van der Waals surface area (Å²) in [6.07, 6.45) is 2.35. The fraction of sp³-hybridized carbons (Fsp3) is 0.333. The Bertz CT molecular complexity index is 223. The lowest BCUT2D eigenvalue weighted by atomic mass is 10.1. The third-order valence-corrected chi connectivity index (χ3v) is 2.38. The first-order valence-electron chi connectivity index (χ1n) is 3.67. The van der Waals surface area contributed by atoms with E-state index < -0.39 is 0 Å². The second-order valence-corrected chi connectivity index (χ2v) is 4.36. The highest BCUT2D eigenvalue weighted by Crippen LogP contribution is 2.20. The van der Waals surface area contributed by atoms with Crippen molar-refractivity contribution in [2.24, 2.45) is 0 Å². The van der Waals surface area contributed by atoms with Crippen LogP contribution in [-0.4, -0.2) is 0 Å². The summed E-state index contributed by atoms with van der Waals surface area (Å²) in [5.74, 6) is 0. The van der Waals surface area contributed by atoms with Crippen LogP contribution in [0.15, 0.2) is 27.1 Å². The summed E-state index contributed by atoms with van der Waals surface area (Å²) < 4.78 is 2.30. The molecule has 0 aliphatic carbocycles. The van der Waals surface area contributed by atoms with Gasteiger partial charge in [0.25, 0.3) is 0 Å². The molecule has 0 saturated heterocycles. The number of rotatable bonds is 2. The molecule has 1 aromatic rings. The Labute approximate surface area is 84.3 Å². The summed E-state index contributed by atoms with van der Waals surface area (Å²) in [5.41, 5.74) is 1.38. The summed E-state index contributed by atoms with van der Waals surface area (Å²) in [4.78, 5) is 0. The van der Waals surface area contributed by atoms with Crippen LogP contribution in [0.3, 0.4) is 0 Å². The van der Waals surface area contributed by atoms with Gasteiger partial charge < -0.3 is 0 Å². The smallest absolute Gasteiger partial charge is 0.0189 e. The molecule has 11 heavy (non-hydrogen) atoms. The van der Waals surface area contributed by atoms with Crippen molar-refractivity contribution in [3.8, 4) is 0 Å². The van der Waals surface area contributed by atoms with Gasteiger partial charge in [-0.15, -0.1) is 0 Å². The molecule has 0 fully saturated rings. The van der Waals surface area contributed by atoms with Crippen molar-refractivity contribution in [1.82, 2.24) is 0 Å². The van der Waals surface area contributed by atoms with E-state index in [-0.39, 0.29) is 0 Å². The Hall–Kier alpha value is 0.180. The lowest BCUT2D eigenvalue weighted by Crippen LogP contribution is -1.82. The maximum atomic E-state index is 3.45. The molecular weight excluding hydrogens is 268 g/mol. The molecule has 0 bridgehead atoms. The van der Waals surface area contributed by atoms with Gasteiger partial charge in [-0.05, 0) is 30.2 Å². The monoisotopic (exact) mass is 276 g/mol. The fourth-order valence-electron chi connectivity index (χ4n) is 1.04. The molecule has 0 atom stereocenters. The molecule has 60 valence electrons. The van der Waals surface area contributed by atoms with E-state index in [1.807, 2.05) is 0 Å². The molecule has 0 aromatic heterocycles. The van der Waals surface area contributed by atoms with Crippen molar-refractivity contribution in [1.29, 1.82) is 0 Å². The normalized spacial score (nSPS) is 10.1. The van der Waals surface area contributed by atoms with Crippen LogP contribution >= 0.6 is 31.9 Å². The zero-order chi connectivity index (χ0) is 8.27. The van der Waals surface area contributed by atoms with Gasteiger partial charge in [0.15, 0.2) is 0 Å². The summed E-state index contributed by atoms with van der Waals surface area (Å²) >= 11 is 6.91. The van der Waals surface area contributed by atoms with Gasteiger partial charge in [0.2, 0.25) is 0 Å². The molecule has 0 aliphatic rings. The molecule has 0 aliphatic heterocycles. The second-order valence-electron chi connectivity index (χ2n) is 2.53. The minimum Gasteiger partial charge on any atom is -0.0651 e. The van der Waals surface area contributed by atoms with Gasteiger partial charge in [-0.25, -0.2) is 0 Å². The maximum Gasteiger partial charge on any atom is 0.0189 e. The summed E-state index contributed by atoms with van der Waals surface area (Å²) in [6.45, 7) is 2.19. The number of aryl methyl sites for hydroxylation is 1. The summed E-state index contributed by atoms with van der Waals surface area (Å²) in [6, 6.07) is 6.38. The average molecular weight is 278 g/mol. The van der Waals surface area contributed by atoms with Gasteiger partial charge in [0, 0.05) is 8.95 Å². The lowest BCUT2D eigenvalue weighted by molar-refractivity contribution is 0.920. The van der Waals surface area contributed by atoms with Gasteiger partial charge in [-0.1, -0.05) is 45.2 Å². The van der Waals surface area contributed by atoms with Gasteiger partial charge in [0.1, 0.15) is 0 Å². The van der Waals surface area contributed by atoms with Crippen LogP contribution in [0.2, 0.25) is 0 Å². The first-order chi connectivity index (χ1) is 5.22. The molecule has 0 saturated carbocycles. The minimum atomic E-state index is 1.15. The molecule has 2 heteroatoms. The molecule has 1 rings (SSSR count). The highest BCUT2D eigenvalue weighted by Gasteiger charge is 1.95. The van der Waals surface area contributed by atoms with E-state index in [9.17, 15) is 0 Å². The highest BCUT2D eigenvalue weighted by atomic mass is 79.9. The van der Waals surface area contributed by atoms with Crippen molar-refractivity contribution in [2.45, 2.75) is 19.8 Å². The Morgan fingerprint density at radius 2 is 1.64 bits per heavy atom. The average Bonchev–Trinajstić information content (AvgIpc) is 1.85. The van der Waals surface area contributed by atoms with Crippen LogP contribution in [0.5, 0.6) is 0 Å². The zero-order valence-corrected chi connectivity index (χ0v) is 9.57. The number of hydrogen-bond acceptors (Lipinski definition) is 0. The quantitative estimate of drug-likeness (QED) is 0.761. The van der Waals surface area contributed by atoms with Gasteiger partial charge in [-0.2, -0.15) is 0 Å². The fourth-order valence-corrected chi connectivity index (χ4v) is 2.43. The first-order valence-corrected chi connectivity index (χ1v) is 5.26. The van der Waals surface area contributed by atoms with Crippen LogP contribution in [-0.2, 0) is 6.42 Å². The lowest BCUT2D eigenvalue weighted by Gasteiger charge is -2.00. The Kier molecular flexibility index (Phi) is 3.60. The number of benzene rings is 1. The van der Waals surface area contributed by atoms with Crippen LogP contribution in [0.25, 0.3) is 0 Å². The van der Waals surface area contributed by atoms with Crippen LogP contribution < -0.4 is 0 Å². The first kappa shape index (κ1) is 9.27. The molecular formula is C9H10Br2. The number of halogens is 2. The van der Waals surface area contributed by atoms with E-state index in [1.54, 1.807) is 0 Å². The molecule has 0 spiro atoms. The van der Waals surface area contributed by atoms with Crippen LogP contribution in [0.4, 0.5) is 0 Å². The minimum absolute atomic E-state index is 1.15. The molecule has 1 aromatic carbocycles. The van der Waals surface area contributed by atoms with E-state index in [2.05, 4.69) is 57.0 Å². The topological polar surface area (TPSA) is 0 Å². The Morgan fingerprint density at radius 3 is 2.09 bits per heavy atom. The highest BCUT2D eigenvalue weighted by molar-refractivity contribution is 9.11. The van der Waals surface area contributed by atoms with Gasteiger partial charge in [0.05, 0.1) is 0 Å². The molecule has 0 unspecified atom stereocenters. The van der Waals surface area contributed by atoms with Gasteiger partial charge in [-0.3, -0.25) is 0 Å². The van der Waals surface area contributed by atoms with Crippen molar-refractivity contribution < 1.29 is 0 Å². The molecule has 0 radical (unpaired) electrons. The summed E-state index contributed by atoms with van der Waals surface area (Å²) in [5, 5.41) is 0. The molecule has 0 N–H and O–H groups in total. The second kappa shape index (κ2) is 4.27.